The average molecular weight is 583 g/mol. The second kappa shape index (κ2) is 11.7. The third-order valence-corrected chi connectivity index (χ3v) is 8.20. The second-order valence-electron chi connectivity index (χ2n) is 9.89. The van der Waals surface area contributed by atoms with Crippen molar-refractivity contribution in [2.45, 2.75) is 38.6 Å². The highest BCUT2D eigenvalue weighted by Gasteiger charge is 2.25. The Bertz CT molecular complexity index is 1580. The Labute approximate surface area is 240 Å². The molecule has 1 fully saturated rings. The molecule has 11 heteroatoms. The van der Waals surface area contributed by atoms with Gasteiger partial charge in [0.05, 0.1) is 48.5 Å². The smallest absolute Gasteiger partial charge is 0.337 e. The summed E-state index contributed by atoms with van der Waals surface area (Å²) in [6.45, 7) is 3.80. The van der Waals surface area contributed by atoms with E-state index in [1.807, 2.05) is 17.5 Å². The highest BCUT2D eigenvalue weighted by molar-refractivity contribution is 7.04. The predicted molar refractivity (Wildman–Crippen MR) is 151 cm³/mol. The molecule has 0 spiro atoms. The zero-order chi connectivity index (χ0) is 27.6. The number of imidazole rings is 1. The molecule has 4 aromatic rings. The maximum Gasteiger partial charge on any atom is 0.337 e. The lowest BCUT2D eigenvalue weighted by Crippen LogP contribution is -2.33. The molecule has 2 aliphatic heterocycles. The maximum absolute atomic E-state index is 14.2. The summed E-state index contributed by atoms with van der Waals surface area (Å²) in [7, 11) is 1.39. The first-order valence-corrected chi connectivity index (χ1v) is 14.3. The number of methoxy groups -OCH3 is 1. The lowest BCUT2D eigenvalue weighted by atomic mass is 10.0. The van der Waals surface area contributed by atoms with Crippen LogP contribution in [0, 0.1) is 5.82 Å². The van der Waals surface area contributed by atoms with Crippen molar-refractivity contribution in [3.8, 4) is 5.88 Å². The minimum atomic E-state index is -0.395. The Morgan fingerprint density at radius 1 is 1.27 bits per heavy atom. The van der Waals surface area contributed by atoms with Crippen LogP contribution in [0.3, 0.4) is 0 Å². The van der Waals surface area contributed by atoms with E-state index in [1.165, 1.54) is 24.7 Å². The number of nitrogens with zero attached hydrogens (tertiary/aromatic N) is 4. The molecule has 40 heavy (non-hydrogen) atoms. The minimum absolute atomic E-state index is 0.0811. The lowest BCUT2D eigenvalue weighted by Gasteiger charge is -2.29. The molecular weight excluding hydrogens is 555 g/mol. The molecule has 0 radical (unpaired) electrons. The normalized spacial score (nSPS) is 17.5. The summed E-state index contributed by atoms with van der Waals surface area (Å²) in [6, 6.07) is 10.0. The summed E-state index contributed by atoms with van der Waals surface area (Å²) in [5.74, 6) is 0.695. The van der Waals surface area contributed by atoms with E-state index in [9.17, 15) is 9.18 Å². The number of halogens is 2. The van der Waals surface area contributed by atoms with Crippen molar-refractivity contribution >= 4 is 45.7 Å². The lowest BCUT2D eigenvalue weighted by molar-refractivity contribution is -0.0591. The van der Waals surface area contributed by atoms with Gasteiger partial charge in [0.25, 0.3) is 0 Å². The molecular formula is C29H28ClFN4O4S. The molecule has 1 atom stereocenters. The molecule has 1 unspecified atom stereocenters. The largest absolute Gasteiger partial charge is 0.472 e. The van der Waals surface area contributed by atoms with E-state index < -0.39 is 5.82 Å². The van der Waals surface area contributed by atoms with Gasteiger partial charge in [0, 0.05) is 35.7 Å². The van der Waals surface area contributed by atoms with Gasteiger partial charge in [-0.25, -0.2) is 14.2 Å². The predicted octanol–water partition coefficient (Wildman–Crippen LogP) is 5.73. The molecule has 208 valence electrons. The van der Waals surface area contributed by atoms with Gasteiger partial charge in [-0.05, 0) is 60.3 Å². The number of fused-ring (bicyclic) bond motifs is 1. The SMILES string of the molecule is COC(=O)c1ccc2nc(CN3CC=C(c4csnc4OCc4ccc(Cl)cc4F)CC3)n(CC3CCO3)c2c1. The number of carbonyl (C=O) groups excluding carboxylic acids is 1. The third-order valence-electron chi connectivity index (χ3n) is 7.35. The van der Waals surface area contributed by atoms with Gasteiger partial charge in [0.1, 0.15) is 18.2 Å². The van der Waals surface area contributed by atoms with E-state index >= 15 is 0 Å². The number of aromatic nitrogens is 3. The van der Waals surface area contributed by atoms with Gasteiger partial charge in [-0.1, -0.05) is 23.7 Å². The highest BCUT2D eigenvalue weighted by Crippen LogP contribution is 2.32. The Hall–Kier alpha value is -3.31. The summed E-state index contributed by atoms with van der Waals surface area (Å²) in [5, 5.41) is 2.33. The average Bonchev–Trinajstić information content (AvgIpc) is 3.54. The fraction of sp³-hybridized carbons (Fsp3) is 0.345. The molecule has 1 saturated heterocycles. The molecule has 0 bridgehead atoms. The molecule has 6 rings (SSSR count). The molecule has 2 aromatic heterocycles. The van der Waals surface area contributed by atoms with E-state index in [4.69, 9.17) is 30.8 Å². The zero-order valence-electron chi connectivity index (χ0n) is 21.9. The Morgan fingerprint density at radius 3 is 2.88 bits per heavy atom. The molecule has 0 saturated carbocycles. The summed E-state index contributed by atoms with van der Waals surface area (Å²) in [4.78, 5) is 19.4. The number of carbonyl (C=O) groups is 1. The van der Waals surface area contributed by atoms with Crippen LogP contribution in [0.2, 0.25) is 5.02 Å². The van der Waals surface area contributed by atoms with Crippen LogP contribution in [0.15, 0.2) is 47.9 Å². The molecule has 0 amide bonds. The standard InChI is InChI=1S/C29H28ClFN4O4S/c1-37-29(36)19-3-5-25-26(12-19)35(14-22-8-11-38-22)27(32-25)15-34-9-6-18(7-10-34)23-17-40-33-28(23)39-16-20-2-4-21(30)13-24(20)31/h2-6,12-13,17,22H,7-11,14-16H2,1H3. The monoisotopic (exact) mass is 582 g/mol. The fourth-order valence-corrected chi connectivity index (χ4v) is 5.82. The number of hydrogen-bond acceptors (Lipinski definition) is 8. The summed E-state index contributed by atoms with van der Waals surface area (Å²) >= 11 is 7.18. The van der Waals surface area contributed by atoms with E-state index in [2.05, 4.69) is 19.9 Å². The molecule has 0 aliphatic carbocycles. The Morgan fingerprint density at radius 2 is 2.15 bits per heavy atom. The van der Waals surface area contributed by atoms with Crippen molar-refractivity contribution in [3.05, 3.63) is 81.2 Å². The summed E-state index contributed by atoms with van der Waals surface area (Å²) in [5.41, 5.74) is 4.80. The topological polar surface area (TPSA) is 78.7 Å². The van der Waals surface area contributed by atoms with Gasteiger partial charge in [-0.15, -0.1) is 0 Å². The van der Waals surface area contributed by atoms with Crippen molar-refractivity contribution in [1.29, 1.82) is 0 Å². The molecule has 2 aliphatic rings. The summed E-state index contributed by atoms with van der Waals surface area (Å²) < 4.78 is 37.3. The molecule has 4 heterocycles. The van der Waals surface area contributed by atoms with Crippen molar-refractivity contribution in [2.75, 3.05) is 26.8 Å². The first kappa shape index (κ1) is 26.9. The van der Waals surface area contributed by atoms with Gasteiger partial charge in [0.2, 0.25) is 5.88 Å². The second-order valence-corrected chi connectivity index (χ2v) is 11.0. The van der Waals surface area contributed by atoms with Gasteiger partial charge >= 0.3 is 5.97 Å². The van der Waals surface area contributed by atoms with Crippen LogP contribution in [0.25, 0.3) is 16.6 Å². The van der Waals surface area contributed by atoms with Crippen LogP contribution < -0.4 is 4.74 Å². The Balaban J connectivity index is 1.17. The van der Waals surface area contributed by atoms with Crippen molar-refractivity contribution < 1.29 is 23.4 Å². The summed E-state index contributed by atoms with van der Waals surface area (Å²) in [6.07, 6.45) is 4.18. The number of hydrogen-bond donors (Lipinski definition) is 0. The quantitative estimate of drug-likeness (QED) is 0.233. The van der Waals surface area contributed by atoms with Crippen LogP contribution in [-0.2, 0) is 29.2 Å². The minimum Gasteiger partial charge on any atom is -0.472 e. The van der Waals surface area contributed by atoms with Gasteiger partial charge in [-0.3, -0.25) is 4.90 Å². The van der Waals surface area contributed by atoms with Crippen molar-refractivity contribution in [2.24, 2.45) is 0 Å². The number of ether oxygens (including phenoxy) is 3. The Kier molecular flexibility index (Phi) is 7.84. The third kappa shape index (κ3) is 5.62. The molecule has 2 aromatic carbocycles. The van der Waals surface area contributed by atoms with Crippen molar-refractivity contribution in [1.82, 2.24) is 18.8 Å². The fourth-order valence-electron chi connectivity index (χ4n) is 5.00. The highest BCUT2D eigenvalue weighted by atomic mass is 35.5. The first-order chi connectivity index (χ1) is 19.5. The maximum atomic E-state index is 14.2. The molecule has 8 nitrogen and oxygen atoms in total. The first-order valence-electron chi connectivity index (χ1n) is 13.1. The number of rotatable bonds is 9. The van der Waals surface area contributed by atoms with Gasteiger partial charge < -0.3 is 18.8 Å². The van der Waals surface area contributed by atoms with Gasteiger partial charge in [0.15, 0.2) is 0 Å². The van der Waals surface area contributed by atoms with Crippen LogP contribution >= 0.6 is 23.1 Å². The van der Waals surface area contributed by atoms with E-state index in [-0.39, 0.29) is 18.7 Å². The van der Waals surface area contributed by atoms with Crippen LogP contribution in [0.5, 0.6) is 5.88 Å². The molecule has 0 N–H and O–H groups in total. The zero-order valence-corrected chi connectivity index (χ0v) is 23.5. The van der Waals surface area contributed by atoms with Crippen LogP contribution in [0.1, 0.15) is 40.2 Å². The number of esters is 1. The van der Waals surface area contributed by atoms with Gasteiger partial charge in [-0.2, -0.15) is 4.37 Å². The number of benzene rings is 2. The van der Waals surface area contributed by atoms with E-state index in [0.717, 1.165) is 60.5 Å². The van der Waals surface area contributed by atoms with E-state index in [1.54, 1.807) is 18.2 Å². The van der Waals surface area contributed by atoms with E-state index in [0.29, 0.717) is 35.1 Å². The van der Waals surface area contributed by atoms with Crippen LogP contribution in [0.4, 0.5) is 4.39 Å². The van der Waals surface area contributed by atoms with Crippen molar-refractivity contribution in [3.63, 3.8) is 0 Å². The van der Waals surface area contributed by atoms with Crippen LogP contribution in [-0.4, -0.2) is 57.7 Å².